The van der Waals surface area contributed by atoms with Crippen molar-refractivity contribution in [2.24, 2.45) is 0 Å². The van der Waals surface area contributed by atoms with Crippen LogP contribution in [0.25, 0.3) is 0 Å². The minimum atomic E-state index is -0.417. The number of hydrogen-bond donors (Lipinski definition) is 1. The Kier molecular flexibility index (Phi) is 5.17. The number of halogens is 3. The third-order valence-corrected chi connectivity index (χ3v) is 3.18. The number of nitrogens with one attached hydrogen (secondary N) is 1. The summed E-state index contributed by atoms with van der Waals surface area (Å²) in [5.74, 6) is 0.285. The number of aromatic nitrogens is 1. The second kappa shape index (κ2) is 6.88. The molecule has 1 aromatic heterocycles. The molecule has 0 saturated carbocycles. The smallest absolute Gasteiger partial charge is 0.219 e. The van der Waals surface area contributed by atoms with Gasteiger partial charge in [-0.1, -0.05) is 30.1 Å². The monoisotopic (exact) mass is 314 g/mol. The van der Waals surface area contributed by atoms with E-state index in [4.69, 9.17) is 27.9 Å². The summed E-state index contributed by atoms with van der Waals surface area (Å²) in [6.45, 7) is 3.35. The number of ether oxygens (including phenoxy) is 1. The first-order chi connectivity index (χ1) is 9.60. The molecule has 0 aliphatic heterocycles. The summed E-state index contributed by atoms with van der Waals surface area (Å²) in [5.41, 5.74) is 0.684. The van der Waals surface area contributed by atoms with Gasteiger partial charge in [0.2, 0.25) is 5.88 Å². The Labute approximate surface area is 126 Å². The third kappa shape index (κ3) is 3.82. The molecule has 1 aromatic carbocycles. The molecule has 0 unspecified atom stereocenters. The Morgan fingerprint density at radius 2 is 2.00 bits per heavy atom. The third-order valence-electron chi connectivity index (χ3n) is 2.54. The quantitative estimate of drug-likeness (QED) is 0.886. The summed E-state index contributed by atoms with van der Waals surface area (Å²) in [6, 6.07) is 7.26. The Hall–Kier alpha value is -1.36. The van der Waals surface area contributed by atoms with Crippen LogP contribution in [0.3, 0.4) is 0 Å². The summed E-state index contributed by atoms with van der Waals surface area (Å²) in [6.07, 6.45) is 0. The summed E-state index contributed by atoms with van der Waals surface area (Å²) < 4.78 is 18.5. The molecule has 0 aliphatic rings. The van der Waals surface area contributed by atoms with E-state index in [0.29, 0.717) is 28.9 Å². The van der Waals surface area contributed by atoms with E-state index in [-0.39, 0.29) is 5.02 Å². The molecular formula is C14H13Cl2FN2O. The summed E-state index contributed by atoms with van der Waals surface area (Å²) >= 11 is 12.0. The van der Waals surface area contributed by atoms with E-state index < -0.39 is 5.82 Å². The highest BCUT2D eigenvalue weighted by Gasteiger charge is 2.08. The molecule has 106 valence electrons. The van der Waals surface area contributed by atoms with Crippen LogP contribution in [0.4, 0.5) is 4.39 Å². The lowest BCUT2D eigenvalue weighted by Gasteiger charge is -2.09. The summed E-state index contributed by atoms with van der Waals surface area (Å²) in [4.78, 5) is 4.30. The van der Waals surface area contributed by atoms with Gasteiger partial charge in [-0.2, -0.15) is 0 Å². The zero-order valence-corrected chi connectivity index (χ0v) is 12.3. The molecule has 0 amide bonds. The lowest BCUT2D eigenvalue weighted by Crippen LogP contribution is -2.13. The normalized spacial score (nSPS) is 10.6. The van der Waals surface area contributed by atoms with Crippen LogP contribution in [0.5, 0.6) is 11.6 Å². The maximum Gasteiger partial charge on any atom is 0.219 e. The van der Waals surface area contributed by atoms with Crippen LogP contribution in [0, 0.1) is 5.82 Å². The van der Waals surface area contributed by atoms with E-state index in [0.717, 1.165) is 6.54 Å². The van der Waals surface area contributed by atoms with Crippen LogP contribution < -0.4 is 10.1 Å². The predicted octanol–water partition coefficient (Wildman–Crippen LogP) is 4.43. The zero-order chi connectivity index (χ0) is 14.5. The highest BCUT2D eigenvalue weighted by atomic mass is 35.5. The molecule has 2 aromatic rings. The van der Waals surface area contributed by atoms with Crippen molar-refractivity contribution in [2.45, 2.75) is 13.5 Å². The lowest BCUT2D eigenvalue weighted by atomic mass is 10.3. The first kappa shape index (κ1) is 15.0. The van der Waals surface area contributed by atoms with Gasteiger partial charge in [0.15, 0.2) is 0 Å². The Balaban J connectivity index is 2.20. The number of pyridine rings is 1. The van der Waals surface area contributed by atoms with E-state index in [1.54, 1.807) is 12.1 Å². The van der Waals surface area contributed by atoms with Gasteiger partial charge in [0, 0.05) is 12.6 Å². The molecule has 3 nitrogen and oxygen atoms in total. The average Bonchev–Trinajstić information content (AvgIpc) is 2.42. The lowest BCUT2D eigenvalue weighted by molar-refractivity contribution is 0.458. The molecular weight excluding hydrogens is 302 g/mol. The zero-order valence-electron chi connectivity index (χ0n) is 10.8. The highest BCUT2D eigenvalue weighted by Crippen LogP contribution is 2.29. The fourth-order valence-corrected chi connectivity index (χ4v) is 1.94. The van der Waals surface area contributed by atoms with Gasteiger partial charge in [0.25, 0.3) is 0 Å². The van der Waals surface area contributed by atoms with Gasteiger partial charge in [-0.3, -0.25) is 0 Å². The second-order valence-electron chi connectivity index (χ2n) is 4.04. The van der Waals surface area contributed by atoms with Crippen molar-refractivity contribution < 1.29 is 9.13 Å². The van der Waals surface area contributed by atoms with Gasteiger partial charge in [0.1, 0.15) is 11.6 Å². The van der Waals surface area contributed by atoms with E-state index in [9.17, 15) is 4.39 Å². The van der Waals surface area contributed by atoms with Crippen molar-refractivity contribution in [3.63, 3.8) is 0 Å². The number of hydrogen-bond acceptors (Lipinski definition) is 3. The molecule has 1 heterocycles. The van der Waals surface area contributed by atoms with Crippen molar-refractivity contribution in [3.05, 3.63) is 51.9 Å². The van der Waals surface area contributed by atoms with Gasteiger partial charge < -0.3 is 10.1 Å². The Morgan fingerprint density at radius 3 is 2.70 bits per heavy atom. The van der Waals surface area contributed by atoms with Crippen LogP contribution in [0.15, 0.2) is 30.3 Å². The minimum absolute atomic E-state index is 0.190. The van der Waals surface area contributed by atoms with E-state index in [1.165, 1.54) is 18.2 Å². The molecule has 0 atom stereocenters. The molecule has 0 fully saturated rings. The molecule has 0 saturated heterocycles. The van der Waals surface area contributed by atoms with Crippen LogP contribution in [-0.2, 0) is 6.54 Å². The first-order valence-electron chi connectivity index (χ1n) is 6.09. The molecule has 1 N–H and O–H groups in total. The molecule has 0 spiro atoms. The van der Waals surface area contributed by atoms with Gasteiger partial charge in [-0.15, -0.1) is 0 Å². The van der Waals surface area contributed by atoms with Gasteiger partial charge in [0.05, 0.1) is 15.7 Å². The maximum absolute atomic E-state index is 13.0. The topological polar surface area (TPSA) is 34.2 Å². The molecule has 0 bridgehead atoms. The molecule has 2 rings (SSSR count). The van der Waals surface area contributed by atoms with Crippen LogP contribution in [-0.4, -0.2) is 11.5 Å². The van der Waals surface area contributed by atoms with Crippen LogP contribution in [0.1, 0.15) is 12.6 Å². The van der Waals surface area contributed by atoms with Crippen molar-refractivity contribution in [3.8, 4) is 11.6 Å². The molecule has 20 heavy (non-hydrogen) atoms. The SMILES string of the molecule is CCNCc1nc(Oc2ccc(F)cc2Cl)ccc1Cl. The Morgan fingerprint density at radius 1 is 1.20 bits per heavy atom. The van der Waals surface area contributed by atoms with Crippen molar-refractivity contribution in [2.75, 3.05) is 6.54 Å². The van der Waals surface area contributed by atoms with Crippen molar-refractivity contribution in [1.82, 2.24) is 10.3 Å². The molecule has 0 radical (unpaired) electrons. The van der Waals surface area contributed by atoms with E-state index >= 15 is 0 Å². The highest BCUT2D eigenvalue weighted by molar-refractivity contribution is 6.32. The van der Waals surface area contributed by atoms with Crippen LogP contribution in [0.2, 0.25) is 10.0 Å². The van der Waals surface area contributed by atoms with Crippen LogP contribution >= 0.6 is 23.2 Å². The Bertz CT molecular complexity index is 608. The standard InChI is InChI=1S/C14H13Cl2FN2O/c1-2-18-8-12-10(15)4-6-14(19-12)20-13-5-3-9(17)7-11(13)16/h3-7,18H,2,8H2,1H3. The second-order valence-corrected chi connectivity index (χ2v) is 4.85. The molecule has 0 aliphatic carbocycles. The van der Waals surface area contributed by atoms with Gasteiger partial charge in [-0.05, 0) is 30.8 Å². The average molecular weight is 315 g/mol. The first-order valence-corrected chi connectivity index (χ1v) is 6.84. The van der Waals surface area contributed by atoms with E-state index in [1.807, 2.05) is 6.92 Å². The van der Waals surface area contributed by atoms with E-state index in [2.05, 4.69) is 10.3 Å². The van der Waals surface area contributed by atoms with Gasteiger partial charge in [-0.25, -0.2) is 9.37 Å². The fourth-order valence-electron chi connectivity index (χ4n) is 1.56. The summed E-state index contributed by atoms with van der Waals surface area (Å²) in [5, 5.41) is 3.89. The minimum Gasteiger partial charge on any atom is -0.437 e. The molecule has 6 heteroatoms. The van der Waals surface area contributed by atoms with Crippen molar-refractivity contribution >= 4 is 23.2 Å². The number of benzene rings is 1. The number of nitrogens with zero attached hydrogens (tertiary/aromatic N) is 1. The largest absolute Gasteiger partial charge is 0.437 e. The fraction of sp³-hybridized carbons (Fsp3) is 0.214. The predicted molar refractivity (Wildman–Crippen MR) is 78.1 cm³/mol. The maximum atomic E-state index is 13.0. The number of rotatable bonds is 5. The van der Waals surface area contributed by atoms with Crippen molar-refractivity contribution in [1.29, 1.82) is 0 Å². The van der Waals surface area contributed by atoms with Gasteiger partial charge >= 0.3 is 0 Å². The summed E-state index contributed by atoms with van der Waals surface area (Å²) in [7, 11) is 0.